The number of nitrogens with zero attached hydrogens (tertiary/aromatic N) is 2. The van der Waals surface area contributed by atoms with E-state index in [4.69, 9.17) is 4.52 Å². The van der Waals surface area contributed by atoms with Crippen LogP contribution in [0.4, 0.5) is 0 Å². The highest BCUT2D eigenvalue weighted by atomic mass is 16.5. The molecular weight excluding hydrogens is 264 g/mol. The molecule has 0 radical (unpaired) electrons. The van der Waals surface area contributed by atoms with Gasteiger partial charge in [-0.2, -0.15) is 4.98 Å². The van der Waals surface area contributed by atoms with Gasteiger partial charge in [-0.15, -0.1) is 0 Å². The van der Waals surface area contributed by atoms with Crippen molar-refractivity contribution in [1.29, 1.82) is 0 Å². The summed E-state index contributed by atoms with van der Waals surface area (Å²) in [4.78, 5) is 4.41. The topological polar surface area (TPSA) is 59.2 Å². The number of rotatable bonds is 4. The van der Waals surface area contributed by atoms with E-state index in [-0.39, 0.29) is 5.75 Å². The molecule has 106 valence electrons. The maximum Gasteiger partial charge on any atom is 0.257 e. The summed E-state index contributed by atoms with van der Waals surface area (Å²) >= 11 is 0. The van der Waals surface area contributed by atoms with Crippen LogP contribution in [0.2, 0.25) is 0 Å². The van der Waals surface area contributed by atoms with Crippen molar-refractivity contribution in [3.63, 3.8) is 0 Å². The molecule has 2 aromatic carbocycles. The Hall–Kier alpha value is -2.62. The van der Waals surface area contributed by atoms with Gasteiger partial charge in [-0.05, 0) is 42.7 Å². The molecule has 0 amide bonds. The van der Waals surface area contributed by atoms with Crippen LogP contribution in [0, 0.1) is 6.92 Å². The Kier molecular flexibility index (Phi) is 3.69. The fourth-order valence-corrected chi connectivity index (χ4v) is 2.16. The van der Waals surface area contributed by atoms with Crippen molar-refractivity contribution in [2.75, 3.05) is 0 Å². The van der Waals surface area contributed by atoms with Gasteiger partial charge in [0.05, 0.1) is 0 Å². The van der Waals surface area contributed by atoms with E-state index < -0.39 is 0 Å². The normalized spacial score (nSPS) is 10.7. The smallest absolute Gasteiger partial charge is 0.257 e. The van der Waals surface area contributed by atoms with Crippen molar-refractivity contribution in [2.24, 2.45) is 0 Å². The van der Waals surface area contributed by atoms with Crippen molar-refractivity contribution in [3.05, 3.63) is 65.5 Å². The number of hydrogen-bond acceptors (Lipinski definition) is 4. The highest BCUT2D eigenvalue weighted by Gasteiger charge is 2.10. The van der Waals surface area contributed by atoms with Gasteiger partial charge in [0.2, 0.25) is 0 Å². The molecule has 21 heavy (non-hydrogen) atoms. The monoisotopic (exact) mass is 280 g/mol. The van der Waals surface area contributed by atoms with Gasteiger partial charge >= 0.3 is 0 Å². The summed E-state index contributed by atoms with van der Waals surface area (Å²) in [7, 11) is 0. The van der Waals surface area contributed by atoms with E-state index >= 15 is 0 Å². The van der Waals surface area contributed by atoms with E-state index in [2.05, 4.69) is 22.3 Å². The van der Waals surface area contributed by atoms with Crippen LogP contribution in [0.5, 0.6) is 5.75 Å². The molecule has 0 fully saturated rings. The third-order valence-electron chi connectivity index (χ3n) is 3.39. The van der Waals surface area contributed by atoms with Gasteiger partial charge in [-0.25, -0.2) is 0 Å². The Balaban J connectivity index is 1.72. The predicted molar refractivity (Wildman–Crippen MR) is 80.0 cm³/mol. The highest BCUT2D eigenvalue weighted by Crippen LogP contribution is 2.24. The molecule has 0 aliphatic heterocycles. The van der Waals surface area contributed by atoms with Crippen LogP contribution in [0.25, 0.3) is 11.5 Å². The third-order valence-corrected chi connectivity index (χ3v) is 3.39. The maximum atomic E-state index is 9.54. The zero-order valence-corrected chi connectivity index (χ0v) is 11.8. The van der Waals surface area contributed by atoms with E-state index in [1.807, 2.05) is 31.2 Å². The first-order chi connectivity index (χ1) is 10.2. The molecule has 0 spiro atoms. The van der Waals surface area contributed by atoms with Crippen LogP contribution in [-0.2, 0) is 12.8 Å². The molecule has 4 heteroatoms. The van der Waals surface area contributed by atoms with Crippen LogP contribution in [0.15, 0.2) is 53.1 Å². The first-order valence-corrected chi connectivity index (χ1v) is 6.89. The van der Waals surface area contributed by atoms with E-state index in [0.717, 1.165) is 24.0 Å². The van der Waals surface area contributed by atoms with Crippen molar-refractivity contribution in [1.82, 2.24) is 10.1 Å². The Morgan fingerprint density at radius 2 is 1.86 bits per heavy atom. The molecule has 1 N–H and O–H groups in total. The zero-order chi connectivity index (χ0) is 14.7. The standard InChI is InChI=1S/C17H16N2O2/c1-12-11-14(8-9-15(12)20)17-18-16(19-21-17)10-7-13-5-3-2-4-6-13/h2-6,8-9,11,20H,7,10H2,1H3. The quantitative estimate of drug-likeness (QED) is 0.794. The lowest BCUT2D eigenvalue weighted by molar-refractivity contribution is 0.422. The summed E-state index contributed by atoms with van der Waals surface area (Å²) in [5.74, 6) is 1.45. The number of phenols is 1. The lowest BCUT2D eigenvalue weighted by Gasteiger charge is -1.99. The van der Waals surface area contributed by atoms with Crippen LogP contribution < -0.4 is 0 Å². The number of phenolic OH excluding ortho intramolecular Hbond substituents is 1. The number of benzene rings is 2. The average molecular weight is 280 g/mol. The van der Waals surface area contributed by atoms with E-state index in [1.54, 1.807) is 12.1 Å². The van der Waals surface area contributed by atoms with E-state index in [0.29, 0.717) is 11.7 Å². The number of hydrogen-bond donors (Lipinski definition) is 1. The summed E-state index contributed by atoms with van der Waals surface area (Å²) in [6.45, 7) is 1.84. The Morgan fingerprint density at radius 3 is 2.62 bits per heavy atom. The summed E-state index contributed by atoms with van der Waals surface area (Å²) in [6, 6.07) is 15.5. The molecule has 0 aliphatic rings. The first-order valence-electron chi connectivity index (χ1n) is 6.89. The van der Waals surface area contributed by atoms with Gasteiger partial charge in [0.15, 0.2) is 5.82 Å². The van der Waals surface area contributed by atoms with Crippen LogP contribution in [0.3, 0.4) is 0 Å². The fourth-order valence-electron chi connectivity index (χ4n) is 2.16. The Morgan fingerprint density at radius 1 is 1.05 bits per heavy atom. The summed E-state index contributed by atoms with van der Waals surface area (Å²) in [5.41, 5.74) is 2.87. The van der Waals surface area contributed by atoms with Gasteiger partial charge in [0.25, 0.3) is 5.89 Å². The molecule has 0 aliphatic carbocycles. The molecule has 3 rings (SSSR count). The number of aromatic nitrogens is 2. The fraction of sp³-hybridized carbons (Fsp3) is 0.176. The van der Waals surface area contributed by atoms with Crippen molar-refractivity contribution in [3.8, 4) is 17.2 Å². The molecule has 0 saturated carbocycles. The highest BCUT2D eigenvalue weighted by molar-refractivity contribution is 5.56. The minimum atomic E-state index is 0.266. The minimum absolute atomic E-state index is 0.266. The van der Waals surface area contributed by atoms with Gasteiger partial charge in [-0.3, -0.25) is 0 Å². The molecule has 1 aromatic heterocycles. The van der Waals surface area contributed by atoms with Crippen LogP contribution in [0.1, 0.15) is 17.0 Å². The molecule has 0 bridgehead atoms. The van der Waals surface area contributed by atoms with Gasteiger partial charge in [0.1, 0.15) is 5.75 Å². The second-order valence-corrected chi connectivity index (χ2v) is 5.00. The van der Waals surface area contributed by atoms with Crippen molar-refractivity contribution < 1.29 is 9.63 Å². The average Bonchev–Trinajstić information content (AvgIpc) is 2.98. The Bertz CT molecular complexity index is 736. The second-order valence-electron chi connectivity index (χ2n) is 5.00. The minimum Gasteiger partial charge on any atom is -0.508 e. The zero-order valence-electron chi connectivity index (χ0n) is 11.8. The van der Waals surface area contributed by atoms with Crippen molar-refractivity contribution >= 4 is 0 Å². The lowest BCUT2D eigenvalue weighted by Crippen LogP contribution is -1.93. The maximum absolute atomic E-state index is 9.54. The lowest BCUT2D eigenvalue weighted by atomic mass is 10.1. The number of aromatic hydroxyl groups is 1. The molecule has 1 heterocycles. The largest absolute Gasteiger partial charge is 0.508 e. The first kappa shape index (κ1) is 13.4. The third kappa shape index (κ3) is 3.11. The molecule has 0 atom stereocenters. The van der Waals surface area contributed by atoms with Gasteiger partial charge < -0.3 is 9.63 Å². The Labute approximate surface area is 123 Å². The van der Waals surface area contributed by atoms with Crippen LogP contribution in [-0.4, -0.2) is 15.2 Å². The van der Waals surface area contributed by atoms with Crippen molar-refractivity contribution in [2.45, 2.75) is 19.8 Å². The van der Waals surface area contributed by atoms with Gasteiger partial charge in [0, 0.05) is 12.0 Å². The second kappa shape index (κ2) is 5.79. The molecule has 0 saturated heterocycles. The molecule has 4 nitrogen and oxygen atoms in total. The SMILES string of the molecule is Cc1cc(-c2nc(CCc3ccccc3)no2)ccc1O. The molecular formula is C17H16N2O2. The predicted octanol–water partition coefficient (Wildman–Crippen LogP) is 3.54. The van der Waals surface area contributed by atoms with E-state index in [9.17, 15) is 5.11 Å². The van der Waals surface area contributed by atoms with Crippen LogP contribution >= 0.6 is 0 Å². The molecule has 0 unspecified atom stereocenters. The summed E-state index contributed by atoms with van der Waals surface area (Å²) < 4.78 is 5.29. The summed E-state index contributed by atoms with van der Waals surface area (Å²) in [5, 5.41) is 13.6. The summed E-state index contributed by atoms with van der Waals surface area (Å²) in [6.07, 6.45) is 1.62. The van der Waals surface area contributed by atoms with Gasteiger partial charge in [-0.1, -0.05) is 35.5 Å². The number of aryl methyl sites for hydroxylation is 3. The molecule has 3 aromatic rings. The van der Waals surface area contributed by atoms with E-state index in [1.165, 1.54) is 5.56 Å².